The van der Waals surface area contributed by atoms with Gasteiger partial charge in [-0.05, 0) is 37.8 Å². The summed E-state index contributed by atoms with van der Waals surface area (Å²) in [5, 5.41) is 0. The van der Waals surface area contributed by atoms with Crippen LogP contribution in [0, 0.1) is 5.92 Å². The van der Waals surface area contributed by atoms with Crippen molar-refractivity contribution >= 4 is 28.3 Å². The molecule has 1 fully saturated rings. The van der Waals surface area contributed by atoms with Gasteiger partial charge in [0, 0.05) is 26.2 Å². The highest BCUT2D eigenvalue weighted by Crippen LogP contribution is 2.20. The van der Waals surface area contributed by atoms with Gasteiger partial charge in [0.2, 0.25) is 15.9 Å². The highest BCUT2D eigenvalue weighted by atomic mass is 35.5. The number of carbonyl (C=O) groups is 1. The molecule has 1 amide bonds. The molecule has 0 aromatic heterocycles. The Hall–Kier alpha value is -1.15. The minimum absolute atomic E-state index is 0. The van der Waals surface area contributed by atoms with E-state index in [2.05, 4.69) is 0 Å². The van der Waals surface area contributed by atoms with E-state index < -0.39 is 10.0 Å². The third kappa shape index (κ3) is 4.92. The van der Waals surface area contributed by atoms with Crippen molar-refractivity contribution < 1.29 is 13.2 Å². The van der Waals surface area contributed by atoms with E-state index in [4.69, 9.17) is 5.73 Å². The van der Waals surface area contributed by atoms with E-state index in [1.165, 1.54) is 19.2 Å². The van der Waals surface area contributed by atoms with E-state index in [9.17, 15) is 13.2 Å². The van der Waals surface area contributed by atoms with Crippen LogP contribution in [0.1, 0.15) is 19.8 Å². The van der Waals surface area contributed by atoms with Gasteiger partial charge in [-0.2, -0.15) is 4.31 Å². The van der Waals surface area contributed by atoms with Gasteiger partial charge in [-0.15, -0.1) is 12.4 Å². The fourth-order valence-corrected chi connectivity index (χ4v) is 3.95. The number of likely N-dealkylation sites (tertiary alicyclic amines) is 1. The number of piperidine rings is 1. The molecule has 2 N–H and O–H groups in total. The highest BCUT2D eigenvalue weighted by molar-refractivity contribution is 7.89. The van der Waals surface area contributed by atoms with Gasteiger partial charge >= 0.3 is 0 Å². The Kier molecular flexibility index (Phi) is 7.66. The first kappa shape index (κ1) is 20.9. The van der Waals surface area contributed by atoms with Crippen molar-refractivity contribution in [3.8, 4) is 0 Å². The number of amides is 1. The second kappa shape index (κ2) is 8.80. The van der Waals surface area contributed by atoms with Crippen molar-refractivity contribution in [2.75, 3.05) is 26.7 Å². The molecule has 1 aromatic carbocycles. The molecule has 6 nitrogen and oxygen atoms in total. The van der Waals surface area contributed by atoms with Gasteiger partial charge in [0.1, 0.15) is 0 Å². The van der Waals surface area contributed by atoms with Crippen LogP contribution in [0.15, 0.2) is 35.2 Å². The summed E-state index contributed by atoms with van der Waals surface area (Å²) in [5.41, 5.74) is 5.93. The first-order valence-electron chi connectivity index (χ1n) is 7.87. The van der Waals surface area contributed by atoms with Crippen LogP contribution in [0.4, 0.5) is 0 Å². The summed E-state index contributed by atoms with van der Waals surface area (Å²) >= 11 is 0. The van der Waals surface area contributed by atoms with E-state index in [1.54, 1.807) is 23.1 Å². The third-order valence-corrected chi connectivity index (χ3v) is 6.18. The number of rotatable bonds is 5. The minimum atomic E-state index is -3.64. The Labute approximate surface area is 150 Å². The van der Waals surface area contributed by atoms with E-state index in [0.717, 1.165) is 17.1 Å². The predicted octanol–water partition coefficient (Wildman–Crippen LogP) is 1.31. The van der Waals surface area contributed by atoms with Gasteiger partial charge in [0.15, 0.2) is 0 Å². The molecule has 0 bridgehead atoms. The smallest absolute Gasteiger partial charge is 0.243 e. The molecule has 0 radical (unpaired) electrons. The zero-order valence-electron chi connectivity index (χ0n) is 14.1. The van der Waals surface area contributed by atoms with Gasteiger partial charge in [-0.25, -0.2) is 8.42 Å². The first-order valence-corrected chi connectivity index (χ1v) is 9.31. The van der Waals surface area contributed by atoms with Crippen LogP contribution in [0.3, 0.4) is 0 Å². The quantitative estimate of drug-likeness (QED) is 0.841. The number of sulfonamides is 1. The van der Waals surface area contributed by atoms with Gasteiger partial charge in [-0.3, -0.25) is 4.79 Å². The number of hydrogen-bond donors (Lipinski definition) is 1. The fourth-order valence-electron chi connectivity index (χ4n) is 2.81. The highest BCUT2D eigenvalue weighted by Gasteiger charge is 2.29. The summed E-state index contributed by atoms with van der Waals surface area (Å²) in [4.78, 5) is 14.4. The predicted molar refractivity (Wildman–Crippen MR) is 96.5 cm³/mol. The van der Waals surface area contributed by atoms with E-state index in [1.807, 2.05) is 6.92 Å². The van der Waals surface area contributed by atoms with E-state index in [0.29, 0.717) is 13.1 Å². The average molecular weight is 376 g/mol. The van der Waals surface area contributed by atoms with Crippen molar-refractivity contribution in [1.29, 1.82) is 0 Å². The molecule has 0 spiro atoms. The summed E-state index contributed by atoms with van der Waals surface area (Å²) < 4.78 is 26.0. The van der Waals surface area contributed by atoms with Crippen LogP contribution < -0.4 is 5.73 Å². The molecule has 1 heterocycles. The Bertz CT molecular complexity index is 637. The van der Waals surface area contributed by atoms with E-state index >= 15 is 0 Å². The molecule has 1 aromatic rings. The van der Waals surface area contributed by atoms with Crippen LogP contribution in [0.5, 0.6) is 0 Å². The molecule has 1 aliphatic rings. The number of likely N-dealkylation sites (N-methyl/N-ethyl adjacent to an activating group) is 1. The lowest BCUT2D eigenvalue weighted by atomic mass is 9.92. The lowest BCUT2D eigenvalue weighted by Gasteiger charge is -2.35. The molecule has 2 unspecified atom stereocenters. The minimum Gasteiger partial charge on any atom is -0.341 e. The molecule has 2 atom stereocenters. The molecular formula is C16H26ClN3O3S. The van der Waals surface area contributed by atoms with Crippen molar-refractivity contribution in [3.05, 3.63) is 30.3 Å². The molecule has 8 heteroatoms. The maximum atomic E-state index is 12.5. The van der Waals surface area contributed by atoms with Crippen LogP contribution in [0.25, 0.3) is 0 Å². The maximum absolute atomic E-state index is 12.5. The van der Waals surface area contributed by atoms with Crippen LogP contribution in [-0.2, 0) is 14.8 Å². The molecule has 136 valence electrons. The lowest BCUT2D eigenvalue weighted by Crippen LogP contribution is -2.48. The van der Waals surface area contributed by atoms with Gasteiger partial charge in [0.25, 0.3) is 0 Å². The van der Waals surface area contributed by atoms with Gasteiger partial charge in [0.05, 0.1) is 11.4 Å². The molecular weight excluding hydrogens is 350 g/mol. The molecule has 24 heavy (non-hydrogen) atoms. The van der Waals surface area contributed by atoms with Crippen LogP contribution in [0.2, 0.25) is 0 Å². The number of nitrogens with two attached hydrogens (primary N) is 1. The van der Waals surface area contributed by atoms with Crippen molar-refractivity contribution in [3.63, 3.8) is 0 Å². The number of nitrogens with zero attached hydrogens (tertiary/aromatic N) is 2. The number of hydrogen-bond acceptors (Lipinski definition) is 4. The van der Waals surface area contributed by atoms with Gasteiger partial charge < -0.3 is 10.6 Å². The lowest BCUT2D eigenvalue weighted by molar-refractivity contribution is -0.133. The van der Waals surface area contributed by atoms with Crippen LogP contribution in [-0.4, -0.2) is 56.3 Å². The Morgan fingerprint density at radius 3 is 2.58 bits per heavy atom. The second-order valence-corrected chi connectivity index (χ2v) is 8.22. The number of benzene rings is 1. The maximum Gasteiger partial charge on any atom is 0.243 e. The number of carbonyl (C=O) groups excluding carboxylic acids is 1. The average Bonchev–Trinajstić information content (AvgIpc) is 2.55. The molecule has 0 aliphatic carbocycles. The van der Waals surface area contributed by atoms with Crippen molar-refractivity contribution in [2.24, 2.45) is 11.7 Å². The van der Waals surface area contributed by atoms with Gasteiger partial charge in [-0.1, -0.05) is 18.2 Å². The molecule has 0 saturated carbocycles. The molecule has 1 saturated heterocycles. The topological polar surface area (TPSA) is 83.7 Å². The summed E-state index contributed by atoms with van der Waals surface area (Å²) in [6.07, 6.45) is 1.92. The first-order chi connectivity index (χ1) is 10.8. The molecule has 1 aliphatic heterocycles. The second-order valence-electron chi connectivity index (χ2n) is 6.18. The van der Waals surface area contributed by atoms with Crippen molar-refractivity contribution in [2.45, 2.75) is 30.7 Å². The summed E-state index contributed by atoms with van der Waals surface area (Å²) in [7, 11) is -2.20. The summed E-state index contributed by atoms with van der Waals surface area (Å²) in [5.74, 6) is 0.112. The summed E-state index contributed by atoms with van der Waals surface area (Å²) in [6.45, 7) is 3.07. The fraction of sp³-hybridized carbons (Fsp3) is 0.562. The zero-order valence-corrected chi connectivity index (χ0v) is 15.7. The Morgan fingerprint density at radius 2 is 2.00 bits per heavy atom. The monoisotopic (exact) mass is 375 g/mol. The molecule has 2 rings (SSSR count). The normalized spacial score (nSPS) is 19.7. The Balaban J connectivity index is 0.00000288. The SMILES string of the molecule is CC(N)C1CCCN(C(=O)CN(C)S(=O)(=O)c2ccccc2)C1.Cl. The third-order valence-electron chi connectivity index (χ3n) is 4.36. The Morgan fingerprint density at radius 1 is 1.38 bits per heavy atom. The largest absolute Gasteiger partial charge is 0.341 e. The summed E-state index contributed by atoms with van der Waals surface area (Å²) in [6, 6.07) is 8.19. The standard InChI is InChI=1S/C16H25N3O3S.ClH/c1-13(17)14-7-6-10-19(11-14)16(20)12-18(2)23(21,22)15-8-4-3-5-9-15;/h3-5,8-9,13-14H,6-7,10-12,17H2,1-2H3;1H. The zero-order chi connectivity index (χ0) is 17.0. The van der Waals surface area contributed by atoms with Crippen LogP contribution >= 0.6 is 12.4 Å². The number of halogens is 1. The van der Waals surface area contributed by atoms with E-state index in [-0.39, 0.29) is 41.7 Å². The van der Waals surface area contributed by atoms with Crippen molar-refractivity contribution in [1.82, 2.24) is 9.21 Å².